The molecule has 0 spiro atoms. The molecule has 0 radical (unpaired) electrons. The molecule has 1 aromatic rings. The molecule has 0 aliphatic rings. The number of methoxy groups -OCH3 is 1. The SMILES string of the molecule is COc1ccc(C(=O)NC(C)(CN)C(C)C)cc1OC(F)F.Cl. The minimum Gasteiger partial charge on any atom is -0.493 e. The zero-order valence-corrected chi connectivity index (χ0v) is 14.4. The van der Waals surface area contributed by atoms with E-state index < -0.39 is 18.1 Å². The molecule has 0 aromatic heterocycles. The number of rotatable bonds is 7. The van der Waals surface area contributed by atoms with E-state index in [1.165, 1.54) is 25.3 Å². The summed E-state index contributed by atoms with van der Waals surface area (Å²) in [6.07, 6.45) is 0. The van der Waals surface area contributed by atoms with E-state index in [0.717, 1.165) is 0 Å². The average Bonchev–Trinajstić information content (AvgIpc) is 2.46. The quantitative estimate of drug-likeness (QED) is 0.791. The van der Waals surface area contributed by atoms with Gasteiger partial charge >= 0.3 is 6.61 Å². The normalized spacial score (nSPS) is 13.3. The first-order valence-corrected chi connectivity index (χ1v) is 6.89. The lowest BCUT2D eigenvalue weighted by atomic mass is 9.88. The minimum atomic E-state index is -3.00. The van der Waals surface area contributed by atoms with Crippen LogP contribution in [0.2, 0.25) is 0 Å². The molecular weight excluding hydrogens is 330 g/mol. The maximum atomic E-state index is 12.4. The molecular formula is C15H23ClF2N2O3. The fourth-order valence-corrected chi connectivity index (χ4v) is 1.77. The van der Waals surface area contributed by atoms with Crippen molar-refractivity contribution < 1.29 is 23.0 Å². The van der Waals surface area contributed by atoms with Crippen LogP contribution in [0, 0.1) is 5.92 Å². The van der Waals surface area contributed by atoms with Crippen LogP contribution in [0.3, 0.4) is 0 Å². The number of ether oxygens (including phenoxy) is 2. The zero-order valence-electron chi connectivity index (χ0n) is 13.6. The lowest BCUT2D eigenvalue weighted by Gasteiger charge is -2.33. The van der Waals surface area contributed by atoms with E-state index in [4.69, 9.17) is 10.5 Å². The van der Waals surface area contributed by atoms with Crippen LogP contribution in [-0.4, -0.2) is 31.7 Å². The molecule has 0 aliphatic carbocycles. The summed E-state index contributed by atoms with van der Waals surface area (Å²) in [6, 6.07) is 4.10. The Morgan fingerprint density at radius 3 is 2.39 bits per heavy atom. The van der Waals surface area contributed by atoms with Crippen LogP contribution in [0.4, 0.5) is 8.78 Å². The average molecular weight is 353 g/mol. The van der Waals surface area contributed by atoms with Crippen LogP contribution >= 0.6 is 12.4 Å². The van der Waals surface area contributed by atoms with Gasteiger partial charge in [-0.1, -0.05) is 13.8 Å². The molecule has 0 saturated carbocycles. The maximum absolute atomic E-state index is 12.4. The molecule has 1 aromatic carbocycles. The molecule has 0 heterocycles. The number of carbonyl (C=O) groups excluding carboxylic acids is 1. The van der Waals surface area contributed by atoms with Gasteiger partial charge in [-0.25, -0.2) is 0 Å². The molecule has 5 nitrogen and oxygen atoms in total. The van der Waals surface area contributed by atoms with Crippen molar-refractivity contribution >= 4 is 18.3 Å². The van der Waals surface area contributed by atoms with Gasteiger partial charge in [0.05, 0.1) is 12.6 Å². The Balaban J connectivity index is 0.00000484. The van der Waals surface area contributed by atoms with Gasteiger partial charge in [0.25, 0.3) is 5.91 Å². The van der Waals surface area contributed by atoms with Crippen molar-refractivity contribution in [2.45, 2.75) is 32.9 Å². The van der Waals surface area contributed by atoms with E-state index in [1.807, 2.05) is 20.8 Å². The predicted molar refractivity (Wildman–Crippen MR) is 86.6 cm³/mol. The predicted octanol–water partition coefficient (Wildman–Crippen LogP) is 2.82. The van der Waals surface area contributed by atoms with Crippen molar-refractivity contribution in [3.63, 3.8) is 0 Å². The second-order valence-corrected chi connectivity index (χ2v) is 5.47. The van der Waals surface area contributed by atoms with Gasteiger partial charge in [0, 0.05) is 12.1 Å². The van der Waals surface area contributed by atoms with Crippen molar-refractivity contribution in [1.29, 1.82) is 0 Å². The first-order valence-electron chi connectivity index (χ1n) is 6.89. The minimum absolute atomic E-state index is 0. The Labute approximate surface area is 140 Å². The second-order valence-electron chi connectivity index (χ2n) is 5.47. The van der Waals surface area contributed by atoms with E-state index in [9.17, 15) is 13.6 Å². The lowest BCUT2D eigenvalue weighted by molar-refractivity contribution is -0.0512. The number of hydrogen-bond donors (Lipinski definition) is 2. The lowest BCUT2D eigenvalue weighted by Crippen LogP contribution is -2.55. The number of amides is 1. The van der Waals surface area contributed by atoms with Gasteiger partial charge < -0.3 is 20.5 Å². The van der Waals surface area contributed by atoms with E-state index in [-0.39, 0.29) is 41.9 Å². The number of nitrogens with one attached hydrogen (secondary N) is 1. The first-order chi connectivity index (χ1) is 10.2. The van der Waals surface area contributed by atoms with Crippen molar-refractivity contribution in [1.82, 2.24) is 5.32 Å². The molecule has 132 valence electrons. The maximum Gasteiger partial charge on any atom is 0.387 e. The zero-order chi connectivity index (χ0) is 16.9. The molecule has 1 atom stereocenters. The summed E-state index contributed by atoms with van der Waals surface area (Å²) in [5.41, 5.74) is 5.31. The van der Waals surface area contributed by atoms with Crippen LogP contribution in [0.15, 0.2) is 18.2 Å². The fourth-order valence-electron chi connectivity index (χ4n) is 1.77. The largest absolute Gasteiger partial charge is 0.493 e. The molecule has 0 saturated heterocycles. The highest BCUT2D eigenvalue weighted by molar-refractivity contribution is 5.95. The van der Waals surface area contributed by atoms with E-state index >= 15 is 0 Å². The van der Waals surface area contributed by atoms with Gasteiger partial charge in [-0.3, -0.25) is 4.79 Å². The molecule has 0 aliphatic heterocycles. The van der Waals surface area contributed by atoms with E-state index in [1.54, 1.807) is 0 Å². The van der Waals surface area contributed by atoms with Crippen LogP contribution < -0.4 is 20.5 Å². The van der Waals surface area contributed by atoms with Crippen molar-refractivity contribution in [2.24, 2.45) is 11.7 Å². The van der Waals surface area contributed by atoms with Gasteiger partial charge in [0.1, 0.15) is 0 Å². The van der Waals surface area contributed by atoms with Crippen molar-refractivity contribution in [2.75, 3.05) is 13.7 Å². The first kappa shape index (κ1) is 21.4. The number of benzene rings is 1. The molecule has 23 heavy (non-hydrogen) atoms. The van der Waals surface area contributed by atoms with Gasteiger partial charge in [-0.2, -0.15) is 8.78 Å². The third-order valence-corrected chi connectivity index (χ3v) is 3.74. The third-order valence-electron chi connectivity index (χ3n) is 3.74. The van der Waals surface area contributed by atoms with Gasteiger partial charge in [-0.05, 0) is 31.0 Å². The van der Waals surface area contributed by atoms with Gasteiger partial charge in [0.2, 0.25) is 0 Å². The van der Waals surface area contributed by atoms with Gasteiger partial charge in [-0.15, -0.1) is 12.4 Å². The number of alkyl halides is 2. The Morgan fingerprint density at radius 1 is 1.35 bits per heavy atom. The summed E-state index contributed by atoms with van der Waals surface area (Å²) in [5, 5.41) is 2.83. The Hall–Kier alpha value is -1.60. The summed E-state index contributed by atoms with van der Waals surface area (Å²) >= 11 is 0. The van der Waals surface area contributed by atoms with Crippen LogP contribution in [0.1, 0.15) is 31.1 Å². The smallest absolute Gasteiger partial charge is 0.387 e. The molecule has 0 bridgehead atoms. The Kier molecular flexibility index (Phi) is 8.26. The molecule has 1 amide bonds. The molecule has 1 rings (SSSR count). The van der Waals surface area contributed by atoms with E-state index in [0.29, 0.717) is 0 Å². The van der Waals surface area contributed by atoms with E-state index in [2.05, 4.69) is 10.1 Å². The molecule has 8 heteroatoms. The highest BCUT2D eigenvalue weighted by Gasteiger charge is 2.29. The number of carbonyl (C=O) groups is 1. The number of hydrogen-bond acceptors (Lipinski definition) is 4. The van der Waals surface area contributed by atoms with Crippen molar-refractivity contribution in [3.05, 3.63) is 23.8 Å². The summed E-state index contributed by atoms with van der Waals surface area (Å²) < 4.78 is 34.1. The second kappa shape index (κ2) is 8.88. The molecule has 1 unspecified atom stereocenters. The van der Waals surface area contributed by atoms with Crippen LogP contribution in [-0.2, 0) is 0 Å². The summed E-state index contributed by atoms with van der Waals surface area (Å²) in [7, 11) is 1.33. The van der Waals surface area contributed by atoms with Gasteiger partial charge in [0.15, 0.2) is 11.5 Å². The highest BCUT2D eigenvalue weighted by Crippen LogP contribution is 2.29. The monoisotopic (exact) mass is 352 g/mol. The Morgan fingerprint density at radius 2 is 1.96 bits per heavy atom. The molecule has 3 N–H and O–H groups in total. The van der Waals surface area contributed by atoms with Crippen LogP contribution in [0.5, 0.6) is 11.5 Å². The fraction of sp³-hybridized carbons (Fsp3) is 0.533. The Bertz CT molecular complexity index is 529. The van der Waals surface area contributed by atoms with Crippen molar-refractivity contribution in [3.8, 4) is 11.5 Å². The summed E-state index contributed by atoms with van der Waals surface area (Å²) in [5.74, 6) is -0.369. The highest BCUT2D eigenvalue weighted by atomic mass is 35.5. The summed E-state index contributed by atoms with van der Waals surface area (Å²) in [4.78, 5) is 12.3. The number of halogens is 3. The topological polar surface area (TPSA) is 73.6 Å². The number of nitrogens with two attached hydrogens (primary N) is 1. The third kappa shape index (κ3) is 5.51. The standard InChI is InChI=1S/C15H22F2N2O3.ClH/c1-9(2)15(3,8-18)19-13(20)10-5-6-11(21-4)12(7-10)22-14(16)17;/h5-7,9,14H,8,18H2,1-4H3,(H,19,20);1H. The summed E-state index contributed by atoms with van der Waals surface area (Å²) in [6.45, 7) is 2.96. The molecule has 0 fully saturated rings. The van der Waals surface area contributed by atoms with Crippen LogP contribution in [0.25, 0.3) is 0 Å².